The molecule has 0 amide bonds. The van der Waals surface area contributed by atoms with Crippen LogP contribution in [0.4, 0.5) is 14.5 Å². The molecule has 0 aliphatic heterocycles. The molecule has 2 aromatic carbocycles. The number of nitrogens with two attached hydrogens (primary N) is 1. The van der Waals surface area contributed by atoms with E-state index in [1.807, 2.05) is 13.0 Å². The van der Waals surface area contributed by atoms with E-state index in [1.54, 1.807) is 19.1 Å². The highest BCUT2D eigenvalue weighted by molar-refractivity contribution is 6.12. The van der Waals surface area contributed by atoms with Gasteiger partial charge in [-0.25, -0.2) is 8.78 Å². The first-order valence-electron chi connectivity index (χ1n) is 5.76. The fourth-order valence-corrected chi connectivity index (χ4v) is 1.88. The van der Waals surface area contributed by atoms with Gasteiger partial charge in [0.25, 0.3) is 0 Å². The monoisotopic (exact) mass is 261 g/mol. The minimum absolute atomic E-state index is 0.0207. The SMILES string of the molecule is Cc1ccc(C)c(C(=O)c2cc(F)c(F)cc2N)c1. The van der Waals surface area contributed by atoms with E-state index < -0.39 is 17.4 Å². The lowest BCUT2D eigenvalue weighted by Crippen LogP contribution is -2.09. The summed E-state index contributed by atoms with van der Waals surface area (Å²) in [6.07, 6.45) is 0. The van der Waals surface area contributed by atoms with Crippen LogP contribution >= 0.6 is 0 Å². The van der Waals surface area contributed by atoms with Crippen molar-refractivity contribution in [2.24, 2.45) is 0 Å². The average Bonchev–Trinajstić information content (AvgIpc) is 2.36. The van der Waals surface area contributed by atoms with Gasteiger partial charge in [0.15, 0.2) is 17.4 Å². The third kappa shape index (κ3) is 2.47. The third-order valence-electron chi connectivity index (χ3n) is 2.97. The average molecular weight is 261 g/mol. The number of carbonyl (C=O) groups excluding carboxylic acids is 1. The van der Waals surface area contributed by atoms with Crippen LogP contribution in [0.25, 0.3) is 0 Å². The zero-order valence-electron chi connectivity index (χ0n) is 10.6. The van der Waals surface area contributed by atoms with Gasteiger partial charge in [-0.15, -0.1) is 0 Å². The van der Waals surface area contributed by atoms with E-state index in [0.717, 1.165) is 23.3 Å². The molecule has 0 radical (unpaired) electrons. The lowest BCUT2D eigenvalue weighted by atomic mass is 9.96. The fourth-order valence-electron chi connectivity index (χ4n) is 1.88. The Balaban J connectivity index is 2.56. The summed E-state index contributed by atoms with van der Waals surface area (Å²) in [6.45, 7) is 3.63. The number of carbonyl (C=O) groups is 1. The molecule has 0 aliphatic carbocycles. The predicted molar refractivity (Wildman–Crippen MR) is 70.1 cm³/mol. The lowest BCUT2D eigenvalue weighted by molar-refractivity contribution is 0.103. The van der Waals surface area contributed by atoms with Crippen molar-refractivity contribution in [2.45, 2.75) is 13.8 Å². The lowest BCUT2D eigenvalue weighted by Gasteiger charge is -2.09. The maximum Gasteiger partial charge on any atom is 0.195 e. The fraction of sp³-hybridized carbons (Fsp3) is 0.133. The Bertz CT molecular complexity index is 665. The number of ketones is 1. The molecule has 0 fully saturated rings. The molecule has 4 heteroatoms. The summed E-state index contributed by atoms with van der Waals surface area (Å²) < 4.78 is 26.2. The van der Waals surface area contributed by atoms with Crippen molar-refractivity contribution >= 4 is 11.5 Å². The number of rotatable bonds is 2. The number of anilines is 1. The van der Waals surface area contributed by atoms with Crippen LogP contribution < -0.4 is 5.73 Å². The van der Waals surface area contributed by atoms with Gasteiger partial charge in [-0.1, -0.05) is 17.7 Å². The second kappa shape index (κ2) is 4.80. The first-order valence-corrected chi connectivity index (χ1v) is 5.76. The first kappa shape index (κ1) is 13.2. The highest BCUT2D eigenvalue weighted by Crippen LogP contribution is 2.22. The van der Waals surface area contributed by atoms with E-state index in [9.17, 15) is 13.6 Å². The Morgan fingerprint density at radius 1 is 1.00 bits per heavy atom. The van der Waals surface area contributed by atoms with E-state index in [-0.39, 0.29) is 11.3 Å². The van der Waals surface area contributed by atoms with Crippen molar-refractivity contribution in [3.8, 4) is 0 Å². The third-order valence-corrected chi connectivity index (χ3v) is 2.97. The molecule has 2 aromatic rings. The van der Waals surface area contributed by atoms with Crippen LogP contribution in [0, 0.1) is 25.5 Å². The Morgan fingerprint density at radius 2 is 1.63 bits per heavy atom. The van der Waals surface area contributed by atoms with Crippen LogP contribution in [0.2, 0.25) is 0 Å². The number of hydrogen-bond acceptors (Lipinski definition) is 2. The van der Waals surface area contributed by atoms with Crippen molar-refractivity contribution in [3.05, 3.63) is 64.2 Å². The minimum atomic E-state index is -1.08. The van der Waals surface area contributed by atoms with Crippen molar-refractivity contribution in [2.75, 3.05) is 5.73 Å². The van der Waals surface area contributed by atoms with Crippen LogP contribution in [-0.4, -0.2) is 5.78 Å². The molecule has 0 saturated heterocycles. The molecule has 0 heterocycles. The highest BCUT2D eigenvalue weighted by Gasteiger charge is 2.17. The van der Waals surface area contributed by atoms with Crippen LogP contribution in [0.15, 0.2) is 30.3 Å². The minimum Gasteiger partial charge on any atom is -0.398 e. The summed E-state index contributed by atoms with van der Waals surface area (Å²) in [5.74, 6) is -2.55. The number of aryl methyl sites for hydroxylation is 2. The van der Waals surface area contributed by atoms with E-state index in [4.69, 9.17) is 5.73 Å². The van der Waals surface area contributed by atoms with Gasteiger partial charge >= 0.3 is 0 Å². The van der Waals surface area contributed by atoms with E-state index >= 15 is 0 Å². The summed E-state index contributed by atoms with van der Waals surface area (Å²) in [5, 5.41) is 0. The summed E-state index contributed by atoms with van der Waals surface area (Å²) in [4.78, 5) is 12.3. The topological polar surface area (TPSA) is 43.1 Å². The Hall–Kier alpha value is -2.23. The smallest absolute Gasteiger partial charge is 0.195 e. The molecule has 2 N–H and O–H groups in total. The molecule has 2 nitrogen and oxygen atoms in total. The summed E-state index contributed by atoms with van der Waals surface area (Å²) in [5.41, 5.74) is 7.62. The second-order valence-corrected chi connectivity index (χ2v) is 4.50. The largest absolute Gasteiger partial charge is 0.398 e. The van der Waals surface area contributed by atoms with Gasteiger partial charge in [0.05, 0.1) is 0 Å². The van der Waals surface area contributed by atoms with Crippen LogP contribution in [0.5, 0.6) is 0 Å². The Morgan fingerprint density at radius 3 is 2.32 bits per heavy atom. The summed E-state index contributed by atoms with van der Waals surface area (Å²) in [7, 11) is 0. The number of halogens is 2. The molecular weight excluding hydrogens is 248 g/mol. The zero-order chi connectivity index (χ0) is 14.2. The molecule has 0 aliphatic rings. The van der Waals surface area contributed by atoms with Gasteiger partial charge in [-0.2, -0.15) is 0 Å². The molecule has 0 bridgehead atoms. The van der Waals surface area contributed by atoms with Gasteiger partial charge in [0, 0.05) is 22.9 Å². The Kier molecular flexibility index (Phi) is 3.34. The maximum atomic E-state index is 13.2. The van der Waals surface area contributed by atoms with Crippen LogP contribution in [0.3, 0.4) is 0 Å². The highest BCUT2D eigenvalue weighted by atomic mass is 19.2. The van der Waals surface area contributed by atoms with E-state index in [1.165, 1.54) is 0 Å². The molecule has 98 valence electrons. The van der Waals surface area contributed by atoms with Crippen molar-refractivity contribution in [1.29, 1.82) is 0 Å². The normalized spacial score (nSPS) is 10.5. The molecule has 0 aromatic heterocycles. The molecule has 0 atom stereocenters. The first-order chi connectivity index (χ1) is 8.90. The van der Waals surface area contributed by atoms with Crippen molar-refractivity contribution < 1.29 is 13.6 Å². The summed E-state index contributed by atoms with van der Waals surface area (Å²) in [6, 6.07) is 7.06. The van der Waals surface area contributed by atoms with E-state index in [2.05, 4.69) is 0 Å². The van der Waals surface area contributed by atoms with Gasteiger partial charge in [-0.3, -0.25) is 4.79 Å². The van der Waals surface area contributed by atoms with Crippen molar-refractivity contribution in [1.82, 2.24) is 0 Å². The molecule has 0 unspecified atom stereocenters. The molecule has 0 saturated carbocycles. The molecule has 19 heavy (non-hydrogen) atoms. The van der Waals surface area contributed by atoms with Gasteiger partial charge in [0.2, 0.25) is 0 Å². The Labute approximate surface area is 109 Å². The second-order valence-electron chi connectivity index (χ2n) is 4.50. The standard InChI is InChI=1S/C15H13F2NO/c1-8-3-4-9(2)10(5-8)15(19)11-6-12(16)13(17)7-14(11)18/h3-7H,18H2,1-2H3. The van der Waals surface area contributed by atoms with Crippen LogP contribution in [-0.2, 0) is 0 Å². The van der Waals surface area contributed by atoms with Crippen LogP contribution in [0.1, 0.15) is 27.0 Å². The molecule has 2 rings (SSSR count). The summed E-state index contributed by atoms with van der Waals surface area (Å²) >= 11 is 0. The zero-order valence-corrected chi connectivity index (χ0v) is 10.6. The predicted octanol–water partition coefficient (Wildman–Crippen LogP) is 3.39. The quantitative estimate of drug-likeness (QED) is 0.665. The van der Waals surface area contributed by atoms with Gasteiger partial charge in [-0.05, 0) is 31.5 Å². The van der Waals surface area contributed by atoms with E-state index in [0.29, 0.717) is 5.56 Å². The van der Waals surface area contributed by atoms with Gasteiger partial charge in [0.1, 0.15) is 0 Å². The molecule has 0 spiro atoms. The number of nitrogen functional groups attached to an aromatic ring is 1. The number of benzene rings is 2. The van der Waals surface area contributed by atoms with Gasteiger partial charge < -0.3 is 5.73 Å². The van der Waals surface area contributed by atoms with Crippen molar-refractivity contribution in [3.63, 3.8) is 0 Å². The molecular formula is C15H13F2NO. The maximum absolute atomic E-state index is 13.2. The number of hydrogen-bond donors (Lipinski definition) is 1.